The molecule has 3 N–H and O–H groups in total. The lowest BCUT2D eigenvalue weighted by atomic mass is 10.2. The molecule has 0 fully saturated rings. The van der Waals surface area contributed by atoms with Crippen LogP contribution in [0, 0.1) is 0 Å². The van der Waals surface area contributed by atoms with E-state index in [1.807, 2.05) is 12.1 Å². The normalized spacial score (nSPS) is 12.9. The van der Waals surface area contributed by atoms with Crippen LogP contribution >= 0.6 is 15.9 Å². The molecule has 6 heteroatoms. The van der Waals surface area contributed by atoms with Crippen LogP contribution in [0.25, 0.3) is 5.65 Å². The zero-order chi connectivity index (χ0) is 13.1. The molecule has 0 aromatic carbocycles. The molecule has 0 aliphatic carbocycles. The van der Waals surface area contributed by atoms with Gasteiger partial charge in [-0.05, 0) is 48.0 Å². The SMILES string of the molecule is CCC(C)Nc1ccc2nc(CCN)c(Br)n2n1. The predicted octanol–water partition coefficient (Wildman–Crippen LogP) is 2.20. The minimum atomic E-state index is 0.403. The Balaban J connectivity index is 2.35. The molecular formula is C12H18BrN5. The molecule has 0 saturated heterocycles. The maximum atomic E-state index is 5.56. The van der Waals surface area contributed by atoms with Crippen LogP contribution in [-0.2, 0) is 6.42 Å². The predicted molar refractivity (Wildman–Crippen MR) is 76.8 cm³/mol. The molecule has 98 valence electrons. The monoisotopic (exact) mass is 311 g/mol. The minimum Gasteiger partial charge on any atom is -0.366 e. The number of aromatic nitrogens is 3. The molecule has 0 bridgehead atoms. The first-order valence-electron chi connectivity index (χ1n) is 6.16. The Morgan fingerprint density at radius 2 is 2.28 bits per heavy atom. The summed E-state index contributed by atoms with van der Waals surface area (Å²) in [6, 6.07) is 4.32. The van der Waals surface area contributed by atoms with Gasteiger partial charge in [0.2, 0.25) is 0 Å². The third-order valence-corrected chi connectivity index (χ3v) is 3.67. The van der Waals surface area contributed by atoms with Gasteiger partial charge in [-0.1, -0.05) is 6.92 Å². The number of hydrogen-bond donors (Lipinski definition) is 2. The highest BCUT2D eigenvalue weighted by Gasteiger charge is 2.11. The fraction of sp³-hybridized carbons (Fsp3) is 0.500. The third-order valence-electron chi connectivity index (χ3n) is 2.88. The lowest BCUT2D eigenvalue weighted by Gasteiger charge is -2.11. The second-order valence-electron chi connectivity index (χ2n) is 4.33. The Kier molecular flexibility index (Phi) is 4.19. The highest BCUT2D eigenvalue weighted by molar-refractivity contribution is 9.10. The van der Waals surface area contributed by atoms with Gasteiger partial charge in [-0.25, -0.2) is 9.50 Å². The molecule has 1 atom stereocenters. The first kappa shape index (κ1) is 13.3. The van der Waals surface area contributed by atoms with Gasteiger partial charge >= 0.3 is 0 Å². The van der Waals surface area contributed by atoms with E-state index >= 15 is 0 Å². The number of fused-ring (bicyclic) bond motifs is 1. The summed E-state index contributed by atoms with van der Waals surface area (Å²) in [4.78, 5) is 4.49. The number of halogens is 1. The fourth-order valence-electron chi connectivity index (χ4n) is 1.68. The zero-order valence-electron chi connectivity index (χ0n) is 10.7. The largest absolute Gasteiger partial charge is 0.366 e. The second-order valence-corrected chi connectivity index (χ2v) is 5.08. The topological polar surface area (TPSA) is 68.2 Å². The summed E-state index contributed by atoms with van der Waals surface area (Å²) in [5.41, 5.74) is 7.35. The Bertz CT molecular complexity index is 536. The average molecular weight is 312 g/mol. The summed E-state index contributed by atoms with van der Waals surface area (Å²) in [7, 11) is 0. The molecule has 18 heavy (non-hydrogen) atoms. The van der Waals surface area contributed by atoms with Gasteiger partial charge in [0.05, 0.1) is 5.69 Å². The summed E-state index contributed by atoms with van der Waals surface area (Å²) in [6.45, 7) is 4.86. The van der Waals surface area contributed by atoms with Crippen molar-refractivity contribution in [2.75, 3.05) is 11.9 Å². The first-order valence-corrected chi connectivity index (χ1v) is 6.95. The van der Waals surface area contributed by atoms with E-state index < -0.39 is 0 Å². The maximum absolute atomic E-state index is 5.56. The number of nitrogens with two attached hydrogens (primary N) is 1. The third kappa shape index (κ3) is 2.64. The van der Waals surface area contributed by atoms with Crippen molar-refractivity contribution in [3.63, 3.8) is 0 Å². The van der Waals surface area contributed by atoms with E-state index in [1.54, 1.807) is 4.52 Å². The minimum absolute atomic E-state index is 0.403. The Morgan fingerprint density at radius 3 is 2.94 bits per heavy atom. The van der Waals surface area contributed by atoms with E-state index in [1.165, 1.54) is 0 Å². The number of imidazole rings is 1. The average Bonchev–Trinajstić information content (AvgIpc) is 2.67. The van der Waals surface area contributed by atoms with Gasteiger partial charge in [-0.3, -0.25) is 0 Å². The van der Waals surface area contributed by atoms with Crippen molar-refractivity contribution >= 4 is 27.4 Å². The molecule has 2 heterocycles. The van der Waals surface area contributed by atoms with Crippen LogP contribution in [0.4, 0.5) is 5.82 Å². The maximum Gasteiger partial charge on any atom is 0.155 e. The van der Waals surface area contributed by atoms with Gasteiger partial charge in [0.25, 0.3) is 0 Å². The molecule has 1 unspecified atom stereocenters. The van der Waals surface area contributed by atoms with Crippen molar-refractivity contribution in [2.45, 2.75) is 32.7 Å². The molecule has 0 saturated carbocycles. The summed E-state index contributed by atoms with van der Waals surface area (Å²) in [5.74, 6) is 0.856. The van der Waals surface area contributed by atoms with Crippen LogP contribution in [0.2, 0.25) is 0 Å². The van der Waals surface area contributed by atoms with Crippen molar-refractivity contribution < 1.29 is 0 Å². The molecule has 2 aromatic heterocycles. The van der Waals surface area contributed by atoms with Crippen LogP contribution in [0.3, 0.4) is 0 Å². The summed E-state index contributed by atoms with van der Waals surface area (Å²) in [6.07, 6.45) is 1.81. The van der Waals surface area contributed by atoms with Crippen molar-refractivity contribution in [1.82, 2.24) is 14.6 Å². The summed E-state index contributed by atoms with van der Waals surface area (Å²) < 4.78 is 2.69. The van der Waals surface area contributed by atoms with Gasteiger partial charge in [-0.2, -0.15) is 0 Å². The molecule has 0 aliphatic heterocycles. The molecule has 0 spiro atoms. The zero-order valence-corrected chi connectivity index (χ0v) is 12.2. The number of hydrogen-bond acceptors (Lipinski definition) is 4. The molecule has 0 radical (unpaired) electrons. The summed E-state index contributed by atoms with van der Waals surface area (Å²) in [5, 5.41) is 7.87. The van der Waals surface area contributed by atoms with Crippen molar-refractivity contribution in [1.29, 1.82) is 0 Å². The Hall–Kier alpha value is -1.14. The first-order chi connectivity index (χ1) is 8.65. The number of anilines is 1. The quantitative estimate of drug-likeness (QED) is 0.888. The molecule has 0 amide bonds. The van der Waals surface area contributed by atoms with Crippen LogP contribution in [0.15, 0.2) is 16.7 Å². The van der Waals surface area contributed by atoms with Crippen molar-refractivity contribution in [3.8, 4) is 0 Å². The molecular weight excluding hydrogens is 294 g/mol. The van der Waals surface area contributed by atoms with E-state index in [0.717, 1.165) is 34.6 Å². The van der Waals surface area contributed by atoms with Crippen LogP contribution in [0.5, 0.6) is 0 Å². The van der Waals surface area contributed by atoms with E-state index in [4.69, 9.17) is 5.73 Å². The van der Waals surface area contributed by atoms with Crippen molar-refractivity contribution in [3.05, 3.63) is 22.4 Å². The number of rotatable bonds is 5. The van der Waals surface area contributed by atoms with Crippen LogP contribution in [-0.4, -0.2) is 27.2 Å². The van der Waals surface area contributed by atoms with Gasteiger partial charge in [0, 0.05) is 12.5 Å². The van der Waals surface area contributed by atoms with E-state index in [9.17, 15) is 0 Å². The molecule has 5 nitrogen and oxygen atoms in total. The highest BCUT2D eigenvalue weighted by Crippen LogP contribution is 2.19. The van der Waals surface area contributed by atoms with E-state index in [0.29, 0.717) is 12.6 Å². The second kappa shape index (κ2) is 5.67. The van der Waals surface area contributed by atoms with Gasteiger partial charge < -0.3 is 11.1 Å². The van der Waals surface area contributed by atoms with E-state index in [2.05, 4.69) is 45.2 Å². The van der Waals surface area contributed by atoms with E-state index in [-0.39, 0.29) is 0 Å². The van der Waals surface area contributed by atoms with Crippen LogP contribution in [0.1, 0.15) is 26.0 Å². The van der Waals surface area contributed by atoms with Gasteiger partial charge in [0.15, 0.2) is 5.65 Å². The fourth-order valence-corrected chi connectivity index (χ4v) is 2.23. The molecule has 2 rings (SSSR count). The van der Waals surface area contributed by atoms with Crippen molar-refractivity contribution in [2.24, 2.45) is 5.73 Å². The lowest BCUT2D eigenvalue weighted by molar-refractivity contribution is 0.750. The Morgan fingerprint density at radius 1 is 1.50 bits per heavy atom. The molecule has 0 aliphatic rings. The molecule has 2 aromatic rings. The lowest BCUT2D eigenvalue weighted by Crippen LogP contribution is -2.15. The standard InChI is InChI=1S/C12H18BrN5/c1-3-8(2)15-10-4-5-11-16-9(6-7-14)12(13)18(11)17-10/h4-5,8H,3,6-7,14H2,1-2H3,(H,15,17). The van der Waals surface area contributed by atoms with Gasteiger partial charge in [-0.15, -0.1) is 5.10 Å². The number of nitrogens with one attached hydrogen (secondary N) is 1. The Labute approximate surface area is 115 Å². The number of nitrogens with zero attached hydrogens (tertiary/aromatic N) is 3. The smallest absolute Gasteiger partial charge is 0.155 e. The van der Waals surface area contributed by atoms with Gasteiger partial charge in [0.1, 0.15) is 10.4 Å². The van der Waals surface area contributed by atoms with Crippen LogP contribution < -0.4 is 11.1 Å². The highest BCUT2D eigenvalue weighted by atomic mass is 79.9. The summed E-state index contributed by atoms with van der Waals surface area (Å²) >= 11 is 3.52.